The first-order valence-electron chi connectivity index (χ1n) is 6.40. The highest BCUT2D eigenvalue weighted by Crippen LogP contribution is 2.13. The lowest BCUT2D eigenvalue weighted by Crippen LogP contribution is -2.28. The summed E-state index contributed by atoms with van der Waals surface area (Å²) in [6.45, 7) is 4.61. The molecule has 5 nitrogen and oxygen atoms in total. The lowest BCUT2D eigenvalue weighted by molar-refractivity contribution is 0.0787. The van der Waals surface area contributed by atoms with E-state index in [-0.39, 0.29) is 5.91 Å². The van der Waals surface area contributed by atoms with Gasteiger partial charge >= 0.3 is 0 Å². The van der Waals surface area contributed by atoms with Gasteiger partial charge < -0.3 is 14.8 Å². The first-order chi connectivity index (χ1) is 8.34. The van der Waals surface area contributed by atoms with E-state index in [2.05, 4.69) is 14.9 Å². The van der Waals surface area contributed by atoms with Gasteiger partial charge in [0.05, 0.1) is 0 Å². The van der Waals surface area contributed by atoms with Gasteiger partial charge in [0.25, 0.3) is 5.91 Å². The van der Waals surface area contributed by atoms with Crippen LogP contribution in [0.2, 0.25) is 0 Å². The second-order valence-corrected chi connectivity index (χ2v) is 4.74. The summed E-state index contributed by atoms with van der Waals surface area (Å²) >= 11 is 0. The molecular weight excluding hydrogens is 216 g/mol. The van der Waals surface area contributed by atoms with Crippen molar-refractivity contribution in [1.29, 1.82) is 0 Å². The van der Waals surface area contributed by atoms with Crippen molar-refractivity contribution in [3.63, 3.8) is 0 Å². The number of hydrogen-bond donors (Lipinski definition) is 1. The number of imidazole rings is 1. The minimum Gasteiger partial charge on any atom is -0.337 e. The van der Waals surface area contributed by atoms with Gasteiger partial charge in [-0.15, -0.1) is 0 Å². The fourth-order valence-electron chi connectivity index (χ4n) is 2.56. The molecule has 2 aliphatic rings. The van der Waals surface area contributed by atoms with E-state index in [0.29, 0.717) is 5.69 Å². The van der Waals surface area contributed by atoms with Crippen molar-refractivity contribution < 1.29 is 4.79 Å². The van der Waals surface area contributed by atoms with Crippen LogP contribution in [0.5, 0.6) is 0 Å². The monoisotopic (exact) mass is 234 g/mol. The summed E-state index contributed by atoms with van der Waals surface area (Å²) in [6.07, 6.45) is 5.09. The Morgan fingerprint density at radius 2 is 2.06 bits per heavy atom. The molecule has 1 N–H and O–H groups in total. The molecule has 0 aromatic carbocycles. The average Bonchev–Trinajstić information content (AvgIpc) is 2.95. The quantitative estimate of drug-likeness (QED) is 0.758. The van der Waals surface area contributed by atoms with Crippen molar-refractivity contribution in [2.24, 2.45) is 0 Å². The normalized spacial score (nSPS) is 20.1. The van der Waals surface area contributed by atoms with Crippen molar-refractivity contribution in [1.82, 2.24) is 19.8 Å². The van der Waals surface area contributed by atoms with Crippen LogP contribution in [0.4, 0.5) is 0 Å². The average molecular weight is 234 g/mol. The second-order valence-electron chi connectivity index (χ2n) is 4.74. The summed E-state index contributed by atoms with van der Waals surface area (Å²) in [5.74, 6) is 1.15. The third kappa shape index (κ3) is 2.07. The molecule has 1 aromatic heterocycles. The van der Waals surface area contributed by atoms with Crippen molar-refractivity contribution in [3.8, 4) is 0 Å². The minimum absolute atomic E-state index is 0.107. The predicted molar refractivity (Wildman–Crippen MR) is 63.9 cm³/mol. The van der Waals surface area contributed by atoms with Gasteiger partial charge in [-0.1, -0.05) is 0 Å². The number of hydrogen-bond acceptors (Lipinski definition) is 3. The smallest absolute Gasteiger partial charge is 0.274 e. The van der Waals surface area contributed by atoms with Crippen LogP contribution in [0.15, 0.2) is 6.20 Å². The van der Waals surface area contributed by atoms with Gasteiger partial charge in [0.15, 0.2) is 0 Å². The summed E-state index contributed by atoms with van der Waals surface area (Å²) in [5.41, 5.74) is 0.629. The van der Waals surface area contributed by atoms with E-state index >= 15 is 0 Å². The number of aromatic nitrogens is 2. The highest BCUT2D eigenvalue weighted by Gasteiger charge is 2.23. The number of likely N-dealkylation sites (tertiary alicyclic amines) is 1. The van der Waals surface area contributed by atoms with Crippen LogP contribution in [-0.4, -0.2) is 46.5 Å². The van der Waals surface area contributed by atoms with Crippen LogP contribution in [0, 0.1) is 0 Å². The number of rotatable bonds is 1. The number of fused-ring (bicyclic) bond motifs is 1. The van der Waals surface area contributed by atoms with E-state index in [1.807, 2.05) is 11.1 Å². The van der Waals surface area contributed by atoms with E-state index in [4.69, 9.17) is 0 Å². The van der Waals surface area contributed by atoms with Gasteiger partial charge in [0.2, 0.25) is 0 Å². The molecule has 0 bridgehead atoms. The summed E-state index contributed by atoms with van der Waals surface area (Å²) in [4.78, 5) is 18.6. The van der Waals surface area contributed by atoms with E-state index < -0.39 is 0 Å². The molecule has 0 spiro atoms. The van der Waals surface area contributed by atoms with Crippen LogP contribution in [0.3, 0.4) is 0 Å². The maximum absolute atomic E-state index is 12.2. The van der Waals surface area contributed by atoms with Gasteiger partial charge in [0.1, 0.15) is 11.5 Å². The van der Waals surface area contributed by atoms with Gasteiger partial charge in [0, 0.05) is 45.3 Å². The van der Waals surface area contributed by atoms with E-state index in [0.717, 1.165) is 57.8 Å². The van der Waals surface area contributed by atoms with E-state index in [9.17, 15) is 4.79 Å². The summed E-state index contributed by atoms with van der Waals surface area (Å²) in [6, 6.07) is 0. The highest BCUT2D eigenvalue weighted by molar-refractivity contribution is 5.92. The molecule has 2 aliphatic heterocycles. The second kappa shape index (κ2) is 4.49. The summed E-state index contributed by atoms with van der Waals surface area (Å²) in [5, 5.41) is 3.33. The Kier molecular flexibility index (Phi) is 2.84. The number of carbonyl (C=O) groups is 1. The molecule has 1 saturated heterocycles. The summed E-state index contributed by atoms with van der Waals surface area (Å²) < 4.78 is 2.11. The Bertz CT molecular complexity index is 397. The van der Waals surface area contributed by atoms with E-state index in [1.54, 1.807) is 0 Å². The van der Waals surface area contributed by atoms with Gasteiger partial charge in [-0.3, -0.25) is 4.79 Å². The molecule has 1 fully saturated rings. The molecule has 3 heterocycles. The van der Waals surface area contributed by atoms with Crippen LogP contribution in [0.1, 0.15) is 29.2 Å². The molecule has 5 heteroatoms. The first kappa shape index (κ1) is 10.8. The third-order valence-corrected chi connectivity index (χ3v) is 3.53. The molecular formula is C12H18N4O. The van der Waals surface area contributed by atoms with Gasteiger partial charge in [-0.05, 0) is 12.8 Å². The Labute approximate surface area is 101 Å². The molecule has 1 aromatic rings. The molecule has 0 saturated carbocycles. The van der Waals surface area contributed by atoms with Gasteiger partial charge in [-0.25, -0.2) is 4.98 Å². The van der Waals surface area contributed by atoms with Crippen LogP contribution in [0.25, 0.3) is 0 Å². The van der Waals surface area contributed by atoms with Crippen molar-refractivity contribution >= 4 is 5.91 Å². The lowest BCUT2D eigenvalue weighted by Gasteiger charge is -2.12. The Hall–Kier alpha value is -1.36. The van der Waals surface area contributed by atoms with Crippen molar-refractivity contribution in [3.05, 3.63) is 17.7 Å². The molecule has 92 valence electrons. The molecule has 0 unspecified atom stereocenters. The maximum Gasteiger partial charge on any atom is 0.274 e. The summed E-state index contributed by atoms with van der Waals surface area (Å²) in [7, 11) is 0. The van der Waals surface area contributed by atoms with Gasteiger partial charge in [-0.2, -0.15) is 0 Å². The topological polar surface area (TPSA) is 50.2 Å². The zero-order chi connectivity index (χ0) is 11.7. The maximum atomic E-state index is 12.2. The fourth-order valence-corrected chi connectivity index (χ4v) is 2.56. The SMILES string of the molecule is O=C(c1cn2c(n1)CCNCC2)N1CCCC1. The Morgan fingerprint density at radius 1 is 1.24 bits per heavy atom. The standard InChI is InChI=1S/C12H18N4O/c17-12(15-6-1-2-7-15)10-9-16-8-5-13-4-3-11(16)14-10/h9,13H,1-8H2. The molecule has 0 aliphatic carbocycles. The highest BCUT2D eigenvalue weighted by atomic mass is 16.2. The number of amides is 1. The minimum atomic E-state index is 0.107. The van der Waals surface area contributed by atoms with Crippen LogP contribution in [-0.2, 0) is 13.0 Å². The van der Waals surface area contributed by atoms with Crippen LogP contribution >= 0.6 is 0 Å². The predicted octanol–water partition coefficient (Wildman–Crippen LogP) is 0.265. The largest absolute Gasteiger partial charge is 0.337 e. The van der Waals surface area contributed by atoms with Crippen LogP contribution < -0.4 is 5.32 Å². The fraction of sp³-hybridized carbons (Fsp3) is 0.667. The lowest BCUT2D eigenvalue weighted by atomic mass is 10.4. The Balaban J connectivity index is 1.81. The number of nitrogens with zero attached hydrogens (tertiary/aromatic N) is 3. The number of carbonyl (C=O) groups excluding carboxylic acids is 1. The molecule has 3 rings (SSSR count). The number of nitrogens with one attached hydrogen (secondary N) is 1. The molecule has 0 atom stereocenters. The third-order valence-electron chi connectivity index (χ3n) is 3.53. The molecule has 0 radical (unpaired) electrons. The molecule has 17 heavy (non-hydrogen) atoms. The Morgan fingerprint density at radius 3 is 2.88 bits per heavy atom. The van der Waals surface area contributed by atoms with E-state index in [1.165, 1.54) is 0 Å². The van der Waals surface area contributed by atoms with Crippen molar-refractivity contribution in [2.45, 2.75) is 25.8 Å². The van der Waals surface area contributed by atoms with Crippen molar-refractivity contribution in [2.75, 3.05) is 26.2 Å². The first-order valence-corrected chi connectivity index (χ1v) is 6.40. The zero-order valence-electron chi connectivity index (χ0n) is 9.98. The molecule has 1 amide bonds. The zero-order valence-corrected chi connectivity index (χ0v) is 9.98.